The number of benzene rings is 2. The zero-order chi connectivity index (χ0) is 19.3. The van der Waals surface area contributed by atoms with Gasteiger partial charge in [-0.15, -0.1) is 0 Å². The molecule has 138 valence electrons. The Morgan fingerprint density at radius 2 is 1.79 bits per heavy atom. The number of rotatable bonds is 5. The lowest BCUT2D eigenvalue weighted by atomic mass is 10.2. The fourth-order valence-corrected chi connectivity index (χ4v) is 2.43. The molecule has 0 saturated heterocycles. The molecule has 0 fully saturated rings. The molecule has 0 aliphatic heterocycles. The molecular formula is C20H14FN5O2. The van der Waals surface area contributed by atoms with Crippen molar-refractivity contribution in [2.24, 2.45) is 0 Å². The first-order valence-corrected chi connectivity index (χ1v) is 8.34. The molecule has 2 aromatic heterocycles. The highest BCUT2D eigenvalue weighted by Gasteiger charge is 2.09. The van der Waals surface area contributed by atoms with Gasteiger partial charge >= 0.3 is 0 Å². The molecule has 1 N–H and O–H groups in total. The second kappa shape index (κ2) is 7.67. The van der Waals surface area contributed by atoms with Gasteiger partial charge in [0.15, 0.2) is 0 Å². The van der Waals surface area contributed by atoms with Crippen molar-refractivity contribution in [2.75, 3.05) is 5.32 Å². The topological polar surface area (TPSA) is 81.9 Å². The third-order valence-electron chi connectivity index (χ3n) is 3.75. The third-order valence-corrected chi connectivity index (χ3v) is 3.75. The number of nitrogens with zero attached hydrogens (tertiary/aromatic N) is 4. The molecule has 4 aromatic rings. The summed E-state index contributed by atoms with van der Waals surface area (Å²) >= 11 is 0. The summed E-state index contributed by atoms with van der Waals surface area (Å²) in [7, 11) is 0. The minimum atomic E-state index is -0.346. The maximum atomic E-state index is 13.0. The Morgan fingerprint density at radius 1 is 1.00 bits per heavy atom. The molecule has 0 aliphatic rings. The number of hydrogen-bond acceptors (Lipinski definition) is 5. The number of carbonyl (C=O) groups is 1. The Balaban J connectivity index is 1.45. The predicted molar refractivity (Wildman–Crippen MR) is 100 cm³/mol. The van der Waals surface area contributed by atoms with Crippen LogP contribution >= 0.6 is 0 Å². The number of ether oxygens (including phenoxy) is 1. The minimum Gasteiger partial charge on any atom is -0.457 e. The van der Waals surface area contributed by atoms with Crippen LogP contribution in [0, 0.1) is 5.82 Å². The zero-order valence-corrected chi connectivity index (χ0v) is 14.5. The molecule has 1 amide bonds. The van der Waals surface area contributed by atoms with Crippen molar-refractivity contribution < 1.29 is 13.9 Å². The Morgan fingerprint density at radius 3 is 2.50 bits per heavy atom. The molecule has 0 spiro atoms. The van der Waals surface area contributed by atoms with Gasteiger partial charge in [0.05, 0.1) is 18.1 Å². The van der Waals surface area contributed by atoms with Crippen LogP contribution in [0.5, 0.6) is 11.5 Å². The molecule has 7 nitrogen and oxygen atoms in total. The average Bonchev–Trinajstić information content (AvgIpc) is 3.25. The average molecular weight is 375 g/mol. The van der Waals surface area contributed by atoms with Crippen molar-refractivity contribution in [2.45, 2.75) is 0 Å². The number of aromatic nitrogens is 4. The van der Waals surface area contributed by atoms with Crippen molar-refractivity contribution >= 4 is 11.6 Å². The number of anilines is 1. The molecule has 0 bridgehead atoms. The lowest BCUT2D eigenvalue weighted by molar-refractivity contribution is 0.102. The highest BCUT2D eigenvalue weighted by molar-refractivity contribution is 6.04. The number of hydrogen-bond donors (Lipinski definition) is 1. The second-order valence-corrected chi connectivity index (χ2v) is 5.76. The van der Waals surface area contributed by atoms with Gasteiger partial charge < -0.3 is 10.1 Å². The van der Waals surface area contributed by atoms with E-state index in [2.05, 4.69) is 20.4 Å². The summed E-state index contributed by atoms with van der Waals surface area (Å²) in [6.45, 7) is 0. The van der Waals surface area contributed by atoms with Crippen LogP contribution in [0.3, 0.4) is 0 Å². The quantitative estimate of drug-likeness (QED) is 0.573. The van der Waals surface area contributed by atoms with Crippen LogP contribution in [-0.2, 0) is 0 Å². The predicted octanol–water partition coefficient (Wildman–Crippen LogP) is 3.85. The van der Waals surface area contributed by atoms with Gasteiger partial charge in [0, 0.05) is 18.0 Å². The van der Waals surface area contributed by atoms with E-state index in [4.69, 9.17) is 4.74 Å². The molecule has 2 heterocycles. The molecule has 2 aromatic carbocycles. The van der Waals surface area contributed by atoms with Gasteiger partial charge in [0.25, 0.3) is 11.9 Å². The van der Waals surface area contributed by atoms with Gasteiger partial charge in [-0.2, -0.15) is 5.10 Å². The summed E-state index contributed by atoms with van der Waals surface area (Å²) in [4.78, 5) is 20.8. The Hall–Kier alpha value is -4.07. The maximum Gasteiger partial charge on any atom is 0.255 e. The number of amides is 1. The van der Waals surface area contributed by atoms with Gasteiger partial charge in [-0.3, -0.25) is 4.79 Å². The number of nitrogens with one attached hydrogen (secondary N) is 1. The first-order valence-electron chi connectivity index (χ1n) is 8.34. The summed E-state index contributed by atoms with van der Waals surface area (Å²) in [6.07, 6.45) is 6.35. The highest BCUT2D eigenvalue weighted by Crippen LogP contribution is 2.23. The molecule has 0 atom stereocenters. The van der Waals surface area contributed by atoms with Crippen LogP contribution in [0.25, 0.3) is 5.95 Å². The van der Waals surface area contributed by atoms with E-state index in [9.17, 15) is 9.18 Å². The van der Waals surface area contributed by atoms with E-state index in [1.165, 1.54) is 41.3 Å². The van der Waals surface area contributed by atoms with E-state index >= 15 is 0 Å². The first kappa shape index (κ1) is 17.3. The van der Waals surface area contributed by atoms with E-state index in [0.29, 0.717) is 28.7 Å². The molecule has 8 heteroatoms. The fraction of sp³-hybridized carbons (Fsp3) is 0. The summed E-state index contributed by atoms with van der Waals surface area (Å²) in [5.41, 5.74) is 0.849. The van der Waals surface area contributed by atoms with Crippen LogP contribution in [-0.4, -0.2) is 25.7 Å². The van der Waals surface area contributed by atoms with Crippen LogP contribution in [0.2, 0.25) is 0 Å². The standard InChI is InChI=1S/C20H14FN5O2/c21-15-5-7-17(8-6-15)28-18-4-1-3-14(11-18)19(27)25-16-12-22-20(23-13-16)26-10-2-9-24-26/h1-13H,(H,25,27). The van der Waals surface area contributed by atoms with Gasteiger partial charge in [0.1, 0.15) is 17.3 Å². The molecule has 4 rings (SSSR count). The fourth-order valence-electron chi connectivity index (χ4n) is 2.43. The summed E-state index contributed by atoms with van der Waals surface area (Å²) in [6, 6.07) is 14.1. The van der Waals surface area contributed by atoms with Crippen LogP contribution in [0.1, 0.15) is 10.4 Å². The first-order chi connectivity index (χ1) is 13.7. The molecule has 0 aliphatic carbocycles. The van der Waals surface area contributed by atoms with Crippen molar-refractivity contribution in [3.05, 3.63) is 90.8 Å². The van der Waals surface area contributed by atoms with Gasteiger partial charge in [-0.1, -0.05) is 6.07 Å². The Kier molecular flexibility index (Phi) is 4.75. The largest absolute Gasteiger partial charge is 0.457 e. The van der Waals surface area contributed by atoms with E-state index in [-0.39, 0.29) is 11.7 Å². The van der Waals surface area contributed by atoms with Crippen LogP contribution in [0.15, 0.2) is 79.4 Å². The normalized spacial score (nSPS) is 10.5. The van der Waals surface area contributed by atoms with Crippen molar-refractivity contribution in [3.63, 3.8) is 0 Å². The monoisotopic (exact) mass is 375 g/mol. The Labute approximate surface area is 159 Å². The third kappa shape index (κ3) is 4.01. The molecule has 0 unspecified atom stereocenters. The minimum absolute atomic E-state index is 0.333. The zero-order valence-electron chi connectivity index (χ0n) is 14.5. The van der Waals surface area contributed by atoms with Crippen molar-refractivity contribution in [1.82, 2.24) is 19.7 Å². The van der Waals surface area contributed by atoms with Gasteiger partial charge in [0.2, 0.25) is 0 Å². The summed E-state index contributed by atoms with van der Waals surface area (Å²) in [5, 5.41) is 6.77. The Bertz CT molecular complexity index is 1080. The molecule has 0 saturated carbocycles. The second-order valence-electron chi connectivity index (χ2n) is 5.76. The smallest absolute Gasteiger partial charge is 0.255 e. The number of carbonyl (C=O) groups excluding carboxylic acids is 1. The molecular weight excluding hydrogens is 361 g/mol. The van der Waals surface area contributed by atoms with Crippen molar-refractivity contribution in [1.29, 1.82) is 0 Å². The van der Waals surface area contributed by atoms with Crippen LogP contribution < -0.4 is 10.1 Å². The molecule has 28 heavy (non-hydrogen) atoms. The maximum absolute atomic E-state index is 13.0. The lowest BCUT2D eigenvalue weighted by Crippen LogP contribution is -2.13. The van der Waals surface area contributed by atoms with E-state index in [1.807, 2.05) is 0 Å². The summed E-state index contributed by atoms with van der Waals surface area (Å²) in [5.74, 6) is 0.657. The highest BCUT2D eigenvalue weighted by atomic mass is 19.1. The van der Waals surface area contributed by atoms with Gasteiger partial charge in [-0.05, 0) is 48.5 Å². The van der Waals surface area contributed by atoms with E-state index < -0.39 is 0 Å². The SMILES string of the molecule is O=C(Nc1cnc(-n2cccn2)nc1)c1cccc(Oc2ccc(F)cc2)c1. The lowest BCUT2D eigenvalue weighted by Gasteiger charge is -2.08. The van der Waals surface area contributed by atoms with E-state index in [0.717, 1.165) is 0 Å². The van der Waals surface area contributed by atoms with E-state index in [1.54, 1.807) is 42.7 Å². The molecule has 0 radical (unpaired) electrons. The van der Waals surface area contributed by atoms with Crippen LogP contribution in [0.4, 0.5) is 10.1 Å². The van der Waals surface area contributed by atoms with Gasteiger partial charge in [-0.25, -0.2) is 19.0 Å². The number of halogens is 1. The van der Waals surface area contributed by atoms with Crippen molar-refractivity contribution in [3.8, 4) is 17.4 Å². The summed E-state index contributed by atoms with van der Waals surface area (Å²) < 4.78 is 20.1.